The molecule has 0 amide bonds. The predicted molar refractivity (Wildman–Crippen MR) is 84.7 cm³/mol. The minimum Gasteiger partial charge on any atom is -0.437 e. The van der Waals surface area contributed by atoms with Crippen LogP contribution < -0.4 is 5.56 Å². The molecule has 0 unspecified atom stereocenters. The summed E-state index contributed by atoms with van der Waals surface area (Å²) in [7, 11) is 0. The molecule has 1 aromatic heterocycles. The lowest BCUT2D eigenvalue weighted by Crippen LogP contribution is -2.08. The van der Waals surface area contributed by atoms with Crippen LogP contribution in [0.1, 0.15) is 19.7 Å². The summed E-state index contributed by atoms with van der Waals surface area (Å²) >= 11 is 0. The standard InChI is InChI=1S/C14H10N2O3.C2H6/c1-3-9(11(4-2)16-18)14-15-13(17)10-7-5-6-8-12(10)19-14;1-2/h3-8H,1-2H2;1-2H3/b11-9-;. The summed E-state index contributed by atoms with van der Waals surface area (Å²) in [5.74, 6) is -0.00630. The fraction of sp³-hybridized carbons (Fsp3) is 0.125. The van der Waals surface area contributed by atoms with E-state index in [1.54, 1.807) is 24.3 Å². The zero-order chi connectivity index (χ0) is 15.8. The number of nitroso groups, excluding NO2 is 1. The molecule has 2 aromatic rings. The molecule has 5 nitrogen and oxygen atoms in total. The fourth-order valence-electron chi connectivity index (χ4n) is 1.62. The third kappa shape index (κ3) is 3.39. The quantitative estimate of drug-likeness (QED) is 0.626. The maximum atomic E-state index is 11.9. The topological polar surface area (TPSA) is 72.5 Å². The molecule has 0 saturated heterocycles. The Morgan fingerprint density at radius 1 is 1.24 bits per heavy atom. The van der Waals surface area contributed by atoms with E-state index in [0.717, 1.165) is 0 Å². The second kappa shape index (κ2) is 7.69. The smallest absolute Gasteiger partial charge is 0.284 e. The van der Waals surface area contributed by atoms with Gasteiger partial charge in [-0.15, -0.1) is 4.91 Å². The zero-order valence-corrected chi connectivity index (χ0v) is 12.0. The van der Waals surface area contributed by atoms with Crippen LogP contribution in [0.2, 0.25) is 0 Å². The van der Waals surface area contributed by atoms with Crippen LogP contribution in [0.5, 0.6) is 0 Å². The average Bonchev–Trinajstić information content (AvgIpc) is 2.54. The van der Waals surface area contributed by atoms with E-state index in [-0.39, 0.29) is 17.2 Å². The third-order valence-electron chi connectivity index (χ3n) is 2.53. The van der Waals surface area contributed by atoms with Crippen molar-refractivity contribution in [2.24, 2.45) is 5.18 Å². The van der Waals surface area contributed by atoms with Crippen molar-refractivity contribution in [3.05, 3.63) is 76.4 Å². The zero-order valence-electron chi connectivity index (χ0n) is 12.0. The van der Waals surface area contributed by atoms with Gasteiger partial charge in [0.25, 0.3) is 5.56 Å². The van der Waals surface area contributed by atoms with E-state index in [1.165, 1.54) is 12.2 Å². The van der Waals surface area contributed by atoms with Gasteiger partial charge in [0.05, 0.1) is 11.0 Å². The van der Waals surface area contributed by atoms with E-state index in [4.69, 9.17) is 4.42 Å². The van der Waals surface area contributed by atoms with Crippen molar-refractivity contribution in [2.45, 2.75) is 13.8 Å². The van der Waals surface area contributed by atoms with Gasteiger partial charge in [0.15, 0.2) is 0 Å². The third-order valence-corrected chi connectivity index (χ3v) is 2.53. The number of nitrogens with zero attached hydrogens (tertiary/aromatic N) is 2. The van der Waals surface area contributed by atoms with Crippen molar-refractivity contribution in [2.75, 3.05) is 0 Å². The highest BCUT2D eigenvalue weighted by Gasteiger charge is 2.12. The molecule has 21 heavy (non-hydrogen) atoms. The van der Waals surface area contributed by atoms with E-state index in [9.17, 15) is 9.70 Å². The molecule has 2 rings (SSSR count). The van der Waals surface area contributed by atoms with Gasteiger partial charge in [-0.3, -0.25) is 4.79 Å². The maximum absolute atomic E-state index is 11.9. The summed E-state index contributed by atoms with van der Waals surface area (Å²) in [6.07, 6.45) is 2.60. The number of aromatic nitrogens is 1. The Bertz CT molecular complexity index is 747. The number of benzene rings is 1. The molecule has 5 heteroatoms. The first kappa shape index (κ1) is 16.2. The van der Waals surface area contributed by atoms with Crippen LogP contribution in [0.4, 0.5) is 0 Å². The first-order chi connectivity index (χ1) is 10.2. The van der Waals surface area contributed by atoms with Gasteiger partial charge in [-0.05, 0) is 23.4 Å². The van der Waals surface area contributed by atoms with E-state index < -0.39 is 5.56 Å². The molecular weight excluding hydrogens is 268 g/mol. The molecule has 0 atom stereocenters. The molecule has 0 spiro atoms. The van der Waals surface area contributed by atoms with Gasteiger partial charge >= 0.3 is 0 Å². The van der Waals surface area contributed by atoms with Crippen LogP contribution in [0, 0.1) is 4.91 Å². The molecule has 0 fully saturated rings. The Morgan fingerprint density at radius 2 is 1.90 bits per heavy atom. The van der Waals surface area contributed by atoms with Crippen LogP contribution >= 0.6 is 0 Å². The number of rotatable bonds is 4. The summed E-state index contributed by atoms with van der Waals surface area (Å²) in [4.78, 5) is 26.3. The minimum absolute atomic E-state index is 0.00630. The lowest BCUT2D eigenvalue weighted by Gasteiger charge is -2.03. The molecule has 108 valence electrons. The second-order valence-corrected chi connectivity index (χ2v) is 3.62. The van der Waals surface area contributed by atoms with Crippen LogP contribution in [-0.2, 0) is 0 Å². The monoisotopic (exact) mass is 284 g/mol. The van der Waals surface area contributed by atoms with Crippen molar-refractivity contribution < 1.29 is 4.42 Å². The van der Waals surface area contributed by atoms with Gasteiger partial charge in [-0.2, -0.15) is 4.98 Å². The van der Waals surface area contributed by atoms with Gasteiger partial charge in [-0.25, -0.2) is 0 Å². The van der Waals surface area contributed by atoms with Crippen molar-refractivity contribution in [1.82, 2.24) is 4.98 Å². The largest absolute Gasteiger partial charge is 0.437 e. The molecule has 0 saturated carbocycles. The molecule has 0 aliphatic heterocycles. The van der Waals surface area contributed by atoms with Gasteiger partial charge in [0, 0.05) is 0 Å². The Kier molecular flexibility index (Phi) is 5.95. The second-order valence-electron chi connectivity index (χ2n) is 3.62. The first-order valence-corrected chi connectivity index (χ1v) is 6.44. The van der Waals surface area contributed by atoms with Gasteiger partial charge in [0.1, 0.15) is 11.3 Å². The first-order valence-electron chi connectivity index (χ1n) is 6.44. The van der Waals surface area contributed by atoms with E-state index >= 15 is 0 Å². The Morgan fingerprint density at radius 3 is 2.48 bits per heavy atom. The number of hydrogen-bond donors (Lipinski definition) is 0. The molecule has 0 bridgehead atoms. The fourth-order valence-corrected chi connectivity index (χ4v) is 1.62. The summed E-state index contributed by atoms with van der Waals surface area (Å²) in [6.45, 7) is 11.0. The number of para-hydroxylation sites is 1. The average molecular weight is 284 g/mol. The van der Waals surface area contributed by atoms with E-state index in [1.807, 2.05) is 13.8 Å². The van der Waals surface area contributed by atoms with Crippen molar-refractivity contribution in [3.63, 3.8) is 0 Å². The molecule has 0 aliphatic carbocycles. The van der Waals surface area contributed by atoms with Crippen molar-refractivity contribution >= 4 is 16.5 Å². The maximum Gasteiger partial charge on any atom is 0.284 e. The van der Waals surface area contributed by atoms with Crippen LogP contribution in [0.3, 0.4) is 0 Å². The van der Waals surface area contributed by atoms with Gasteiger partial charge < -0.3 is 4.42 Å². The Labute approximate surface area is 122 Å². The number of hydrogen-bond acceptors (Lipinski definition) is 5. The summed E-state index contributed by atoms with van der Waals surface area (Å²) in [5, 5.41) is 3.17. The highest BCUT2D eigenvalue weighted by atomic mass is 16.3. The number of fused-ring (bicyclic) bond motifs is 1. The highest BCUT2D eigenvalue weighted by molar-refractivity contribution is 5.78. The predicted octanol–water partition coefficient (Wildman–Crippen LogP) is 4.06. The van der Waals surface area contributed by atoms with Crippen molar-refractivity contribution in [3.8, 4) is 0 Å². The lowest BCUT2D eigenvalue weighted by molar-refractivity contribution is 0.559. The van der Waals surface area contributed by atoms with E-state index in [0.29, 0.717) is 11.0 Å². The molecule has 1 heterocycles. The number of allylic oxidation sites excluding steroid dienone is 3. The molecule has 0 radical (unpaired) electrons. The summed E-state index contributed by atoms with van der Waals surface area (Å²) < 4.78 is 5.49. The molecule has 1 aromatic carbocycles. The van der Waals surface area contributed by atoms with Crippen LogP contribution in [-0.4, -0.2) is 4.98 Å². The highest BCUT2D eigenvalue weighted by Crippen LogP contribution is 2.21. The normalized spacial score (nSPS) is 11.0. The SMILES string of the molecule is C=C/C(N=O)=C(\C=C)c1nc(=O)c2ccccc2o1.CC. The summed E-state index contributed by atoms with van der Waals surface area (Å²) in [5.41, 5.74) is 0.186. The van der Waals surface area contributed by atoms with Crippen molar-refractivity contribution in [1.29, 1.82) is 0 Å². The van der Waals surface area contributed by atoms with Crippen LogP contribution in [0.15, 0.2) is 69.7 Å². The van der Waals surface area contributed by atoms with E-state index in [2.05, 4.69) is 23.3 Å². The molecular formula is C16H16N2O3. The molecule has 0 N–H and O–H groups in total. The summed E-state index contributed by atoms with van der Waals surface area (Å²) in [6, 6.07) is 6.71. The molecule has 0 aliphatic rings. The van der Waals surface area contributed by atoms with Gasteiger partial charge in [0.2, 0.25) is 5.89 Å². The minimum atomic E-state index is -0.439. The lowest BCUT2D eigenvalue weighted by atomic mass is 10.2. The Hall–Kier alpha value is -2.82. The van der Waals surface area contributed by atoms with Crippen LogP contribution in [0.25, 0.3) is 16.5 Å². The van der Waals surface area contributed by atoms with Gasteiger partial charge in [-0.1, -0.05) is 45.2 Å². The Balaban J connectivity index is 0.00000106.